The van der Waals surface area contributed by atoms with Gasteiger partial charge in [-0.05, 0) is 24.6 Å². The molecule has 1 amide bonds. The Hall–Kier alpha value is -2.31. The summed E-state index contributed by atoms with van der Waals surface area (Å²) in [6, 6.07) is 9.14. The van der Waals surface area contributed by atoms with E-state index in [-0.39, 0.29) is 5.91 Å². The first kappa shape index (κ1) is 16.5. The molecule has 8 heteroatoms. The van der Waals surface area contributed by atoms with Gasteiger partial charge in [0, 0.05) is 24.0 Å². The number of aryl methyl sites for hydroxylation is 1. The molecule has 3 rings (SSSR count). The number of halogens is 2. The van der Waals surface area contributed by atoms with Crippen molar-refractivity contribution in [3.63, 3.8) is 0 Å². The standard InChI is InChI=1S/C16H15Cl2N5O/c1-2-23-14(7-8-19-23)16(24)20-15-13(18)10-22(21-15)9-11-5-3-4-6-12(11)17/h3-8,10H,2,9H2,1H3,(H,20,21,24). The lowest BCUT2D eigenvalue weighted by molar-refractivity contribution is 0.101. The Labute approximate surface area is 149 Å². The van der Waals surface area contributed by atoms with Crippen LogP contribution in [0, 0.1) is 0 Å². The van der Waals surface area contributed by atoms with Gasteiger partial charge < -0.3 is 5.32 Å². The second-order valence-corrected chi connectivity index (χ2v) is 5.92. The molecule has 0 aliphatic heterocycles. The zero-order valence-electron chi connectivity index (χ0n) is 12.9. The Balaban J connectivity index is 1.77. The van der Waals surface area contributed by atoms with Crippen molar-refractivity contribution in [2.24, 2.45) is 0 Å². The molecule has 0 aliphatic carbocycles. The molecule has 2 aromatic heterocycles. The van der Waals surface area contributed by atoms with Crippen molar-refractivity contribution >= 4 is 34.9 Å². The highest BCUT2D eigenvalue weighted by Gasteiger charge is 2.15. The predicted molar refractivity (Wildman–Crippen MR) is 93.6 cm³/mol. The summed E-state index contributed by atoms with van der Waals surface area (Å²) in [5, 5.41) is 12.1. The maximum absolute atomic E-state index is 12.3. The molecule has 124 valence electrons. The van der Waals surface area contributed by atoms with Crippen LogP contribution in [0.15, 0.2) is 42.7 Å². The van der Waals surface area contributed by atoms with E-state index in [1.165, 1.54) is 0 Å². The van der Waals surface area contributed by atoms with Crippen LogP contribution in [0.5, 0.6) is 0 Å². The van der Waals surface area contributed by atoms with Crippen LogP contribution < -0.4 is 5.32 Å². The first-order valence-corrected chi connectivity index (χ1v) is 8.13. The largest absolute Gasteiger partial charge is 0.302 e. The topological polar surface area (TPSA) is 64.7 Å². The third-order valence-corrected chi connectivity index (χ3v) is 4.13. The molecule has 24 heavy (non-hydrogen) atoms. The van der Waals surface area contributed by atoms with Crippen LogP contribution in [0.1, 0.15) is 23.0 Å². The molecule has 2 heterocycles. The van der Waals surface area contributed by atoms with Crippen molar-refractivity contribution in [2.45, 2.75) is 20.0 Å². The van der Waals surface area contributed by atoms with Gasteiger partial charge in [-0.3, -0.25) is 14.2 Å². The Kier molecular flexibility index (Phi) is 4.87. The summed E-state index contributed by atoms with van der Waals surface area (Å²) in [4.78, 5) is 12.3. The van der Waals surface area contributed by atoms with Gasteiger partial charge in [-0.1, -0.05) is 41.4 Å². The number of aromatic nitrogens is 4. The SMILES string of the molecule is CCn1nccc1C(=O)Nc1nn(Cc2ccccc2Cl)cc1Cl. The second-order valence-electron chi connectivity index (χ2n) is 5.10. The molecule has 0 aliphatic rings. The molecule has 0 atom stereocenters. The molecule has 0 saturated carbocycles. The van der Waals surface area contributed by atoms with Crippen molar-refractivity contribution < 1.29 is 4.79 Å². The van der Waals surface area contributed by atoms with E-state index in [1.807, 2.05) is 31.2 Å². The van der Waals surface area contributed by atoms with Gasteiger partial charge in [-0.15, -0.1) is 0 Å². The van der Waals surface area contributed by atoms with Crippen molar-refractivity contribution in [2.75, 3.05) is 5.32 Å². The van der Waals surface area contributed by atoms with Crippen molar-refractivity contribution in [1.82, 2.24) is 19.6 Å². The van der Waals surface area contributed by atoms with E-state index in [0.29, 0.717) is 34.6 Å². The fraction of sp³-hybridized carbons (Fsp3) is 0.188. The number of carbonyl (C=O) groups is 1. The van der Waals surface area contributed by atoms with Gasteiger partial charge in [0.1, 0.15) is 10.7 Å². The third-order valence-electron chi connectivity index (χ3n) is 3.49. The summed E-state index contributed by atoms with van der Waals surface area (Å²) < 4.78 is 3.24. The van der Waals surface area contributed by atoms with Gasteiger partial charge in [0.2, 0.25) is 0 Å². The minimum atomic E-state index is -0.306. The zero-order valence-corrected chi connectivity index (χ0v) is 14.4. The lowest BCUT2D eigenvalue weighted by atomic mass is 10.2. The number of carbonyl (C=O) groups excluding carboxylic acids is 1. The molecule has 1 aromatic carbocycles. The Morgan fingerprint density at radius 2 is 2.00 bits per heavy atom. The van der Waals surface area contributed by atoms with Crippen LogP contribution >= 0.6 is 23.2 Å². The van der Waals surface area contributed by atoms with Gasteiger partial charge in [-0.2, -0.15) is 10.2 Å². The molecule has 0 spiro atoms. The number of anilines is 1. The van der Waals surface area contributed by atoms with E-state index in [4.69, 9.17) is 23.2 Å². The van der Waals surface area contributed by atoms with Crippen LogP contribution in [-0.4, -0.2) is 25.5 Å². The van der Waals surface area contributed by atoms with Crippen molar-refractivity contribution in [3.8, 4) is 0 Å². The number of rotatable bonds is 5. The fourth-order valence-corrected chi connectivity index (χ4v) is 2.71. The Bertz CT molecular complexity index is 871. The molecule has 0 radical (unpaired) electrons. The summed E-state index contributed by atoms with van der Waals surface area (Å²) in [6.07, 6.45) is 3.23. The molecule has 0 saturated heterocycles. The minimum Gasteiger partial charge on any atom is -0.302 e. The van der Waals surface area contributed by atoms with Crippen LogP contribution in [0.25, 0.3) is 0 Å². The number of hydrogen-bond acceptors (Lipinski definition) is 3. The molecular weight excluding hydrogens is 349 g/mol. The number of hydrogen-bond donors (Lipinski definition) is 1. The van der Waals surface area contributed by atoms with Crippen LogP contribution in [0.2, 0.25) is 10.0 Å². The second kappa shape index (κ2) is 7.07. The fourth-order valence-electron chi connectivity index (χ4n) is 2.31. The van der Waals surface area contributed by atoms with Crippen LogP contribution in [0.4, 0.5) is 5.82 Å². The highest BCUT2D eigenvalue weighted by Crippen LogP contribution is 2.22. The Morgan fingerprint density at radius 3 is 2.75 bits per heavy atom. The summed E-state index contributed by atoms with van der Waals surface area (Å²) in [5.41, 5.74) is 1.37. The Morgan fingerprint density at radius 1 is 1.21 bits per heavy atom. The van der Waals surface area contributed by atoms with Crippen LogP contribution in [0.3, 0.4) is 0 Å². The average Bonchev–Trinajstić information content (AvgIpc) is 3.16. The van der Waals surface area contributed by atoms with Gasteiger partial charge in [0.25, 0.3) is 5.91 Å². The quantitative estimate of drug-likeness (QED) is 0.751. The number of nitrogens with one attached hydrogen (secondary N) is 1. The highest BCUT2D eigenvalue weighted by atomic mass is 35.5. The average molecular weight is 364 g/mol. The summed E-state index contributed by atoms with van der Waals surface area (Å²) in [5.74, 6) is -0.00295. The monoisotopic (exact) mass is 363 g/mol. The smallest absolute Gasteiger partial charge is 0.275 e. The molecular formula is C16H15Cl2N5O. The highest BCUT2D eigenvalue weighted by molar-refractivity contribution is 6.33. The van der Waals surface area contributed by atoms with Crippen molar-refractivity contribution in [3.05, 3.63) is 64.0 Å². The normalized spacial score (nSPS) is 10.8. The lowest BCUT2D eigenvalue weighted by Gasteiger charge is -2.05. The first-order valence-electron chi connectivity index (χ1n) is 7.38. The van der Waals surface area contributed by atoms with Gasteiger partial charge in [0.05, 0.1) is 6.54 Å². The van der Waals surface area contributed by atoms with Crippen molar-refractivity contribution in [1.29, 1.82) is 0 Å². The lowest BCUT2D eigenvalue weighted by Crippen LogP contribution is -2.18. The number of benzene rings is 1. The van der Waals surface area contributed by atoms with Gasteiger partial charge >= 0.3 is 0 Å². The molecule has 0 fully saturated rings. The maximum Gasteiger partial charge on any atom is 0.275 e. The summed E-state index contributed by atoms with van der Waals surface area (Å²) >= 11 is 12.3. The van der Waals surface area contributed by atoms with E-state index >= 15 is 0 Å². The van der Waals surface area contributed by atoms with E-state index in [9.17, 15) is 4.79 Å². The molecule has 1 N–H and O–H groups in total. The molecule has 6 nitrogen and oxygen atoms in total. The van der Waals surface area contributed by atoms with Gasteiger partial charge in [0.15, 0.2) is 5.82 Å². The first-order chi connectivity index (χ1) is 11.6. The van der Waals surface area contributed by atoms with Gasteiger partial charge in [-0.25, -0.2) is 0 Å². The number of nitrogens with zero attached hydrogens (tertiary/aromatic N) is 4. The predicted octanol–water partition coefficient (Wildman–Crippen LogP) is 3.71. The van der Waals surface area contributed by atoms with E-state index in [0.717, 1.165) is 5.56 Å². The summed E-state index contributed by atoms with van der Waals surface area (Å²) in [6.45, 7) is 2.97. The maximum atomic E-state index is 12.3. The molecule has 3 aromatic rings. The summed E-state index contributed by atoms with van der Waals surface area (Å²) in [7, 11) is 0. The molecule has 0 unspecified atom stereocenters. The van der Waals surface area contributed by atoms with E-state index in [1.54, 1.807) is 27.8 Å². The van der Waals surface area contributed by atoms with E-state index in [2.05, 4.69) is 15.5 Å². The third kappa shape index (κ3) is 3.44. The van der Waals surface area contributed by atoms with E-state index < -0.39 is 0 Å². The minimum absolute atomic E-state index is 0.303. The number of amides is 1. The molecule has 0 bridgehead atoms. The zero-order chi connectivity index (χ0) is 17.1. The van der Waals surface area contributed by atoms with Crippen LogP contribution in [-0.2, 0) is 13.1 Å².